The summed E-state index contributed by atoms with van der Waals surface area (Å²) in [6, 6.07) is 0. The molecule has 0 aromatic heterocycles. The molecule has 0 aromatic carbocycles. The summed E-state index contributed by atoms with van der Waals surface area (Å²) in [5.74, 6) is 0. The molecular formula is C5H15NO3S. The Balaban J connectivity index is 0. The van der Waals surface area contributed by atoms with E-state index in [4.69, 9.17) is 0 Å². The third-order valence-electron chi connectivity index (χ3n) is 0.969. The van der Waals surface area contributed by atoms with Crippen molar-refractivity contribution in [3.63, 3.8) is 0 Å². The first-order chi connectivity index (χ1) is 3.81. The highest BCUT2D eigenvalue weighted by Crippen LogP contribution is 2.15. The molecule has 0 rings (SSSR count). The fraction of sp³-hybridized carbons (Fsp3) is 1.00. The van der Waals surface area contributed by atoms with E-state index < -0.39 is 14.9 Å². The molecule has 0 unspecified atom stereocenters. The second kappa shape index (κ2) is 3.32. The van der Waals surface area contributed by atoms with E-state index in [1.54, 1.807) is 20.8 Å². The molecule has 0 saturated carbocycles. The minimum atomic E-state index is -3.34. The van der Waals surface area contributed by atoms with Crippen LogP contribution in [-0.4, -0.2) is 20.3 Å². The van der Waals surface area contributed by atoms with Crippen molar-refractivity contribution in [1.82, 2.24) is 6.15 Å². The van der Waals surface area contributed by atoms with Crippen LogP contribution in [-0.2, 0) is 14.3 Å². The Morgan fingerprint density at radius 1 is 1.20 bits per heavy atom. The molecule has 0 aliphatic rings. The first-order valence-electron chi connectivity index (χ1n) is 2.61. The van der Waals surface area contributed by atoms with Gasteiger partial charge in [0, 0.05) is 0 Å². The molecule has 4 nitrogen and oxygen atoms in total. The molecule has 0 heterocycles. The van der Waals surface area contributed by atoms with Gasteiger partial charge in [-0.05, 0) is 20.8 Å². The van der Waals surface area contributed by atoms with Gasteiger partial charge in [0.15, 0.2) is 0 Å². The van der Waals surface area contributed by atoms with Crippen molar-refractivity contribution in [2.45, 2.75) is 25.5 Å². The predicted molar refractivity (Wildman–Crippen MR) is 40.7 cm³/mol. The Hall–Kier alpha value is -0.130. The summed E-state index contributed by atoms with van der Waals surface area (Å²) in [6.07, 6.45) is 0. The smallest absolute Gasteiger partial charge is 0.272 e. The van der Waals surface area contributed by atoms with Crippen molar-refractivity contribution in [1.29, 1.82) is 0 Å². The molecule has 0 saturated heterocycles. The highest BCUT2D eigenvalue weighted by molar-refractivity contribution is 7.88. The van der Waals surface area contributed by atoms with Crippen molar-refractivity contribution in [3.05, 3.63) is 0 Å². The summed E-state index contributed by atoms with van der Waals surface area (Å²) in [5, 5.41) is 0. The van der Waals surface area contributed by atoms with Crippen molar-refractivity contribution in [3.8, 4) is 0 Å². The molecule has 0 fully saturated rings. The van der Waals surface area contributed by atoms with E-state index in [2.05, 4.69) is 4.18 Å². The van der Waals surface area contributed by atoms with Gasteiger partial charge in [0.1, 0.15) is 0 Å². The van der Waals surface area contributed by atoms with Crippen LogP contribution in [0.25, 0.3) is 0 Å². The number of hydrogen-bond donors (Lipinski definition) is 1. The van der Waals surface area contributed by atoms with Gasteiger partial charge in [-0.3, -0.25) is 4.18 Å². The maximum Gasteiger partial charge on any atom is 0.272 e. The maximum absolute atomic E-state index is 10.8. The Morgan fingerprint density at radius 2 is 1.50 bits per heavy atom. The monoisotopic (exact) mass is 169 g/mol. The molecule has 10 heavy (non-hydrogen) atoms. The Bertz CT molecular complexity index is 178. The summed E-state index contributed by atoms with van der Waals surface area (Å²) in [6.45, 7) is 4.77. The average Bonchev–Trinajstić information content (AvgIpc) is 1.64. The molecule has 0 radical (unpaired) electrons. The van der Waals surface area contributed by atoms with Crippen LogP contribution in [0.3, 0.4) is 0 Å². The van der Waals surface area contributed by atoms with Gasteiger partial charge in [-0.1, -0.05) is 0 Å². The first kappa shape index (κ1) is 12.5. The normalized spacial score (nSPS) is 12.4. The summed E-state index contributed by atoms with van der Waals surface area (Å²) >= 11 is 0. The summed E-state index contributed by atoms with van der Waals surface area (Å²) < 4.78 is 25.1. The molecule has 0 amide bonds. The van der Waals surface area contributed by atoms with Gasteiger partial charge in [-0.15, -0.1) is 0 Å². The molecule has 3 N–H and O–H groups in total. The lowest BCUT2D eigenvalue weighted by Gasteiger charge is -2.15. The SMILES string of the molecule is COS(=O)(=O)C(C)(C)C.N. The van der Waals surface area contributed by atoms with Crippen LogP contribution >= 0.6 is 0 Å². The van der Waals surface area contributed by atoms with Crippen molar-refractivity contribution >= 4 is 10.1 Å². The summed E-state index contributed by atoms with van der Waals surface area (Å²) in [4.78, 5) is 0. The van der Waals surface area contributed by atoms with Crippen molar-refractivity contribution in [2.75, 3.05) is 7.11 Å². The fourth-order valence-corrected chi connectivity index (χ4v) is 0.750. The van der Waals surface area contributed by atoms with Crippen LogP contribution in [0, 0.1) is 0 Å². The number of hydrogen-bond acceptors (Lipinski definition) is 4. The molecule has 0 spiro atoms. The van der Waals surface area contributed by atoms with Crippen LogP contribution in [0.15, 0.2) is 0 Å². The topological polar surface area (TPSA) is 78.4 Å². The average molecular weight is 169 g/mol. The van der Waals surface area contributed by atoms with Gasteiger partial charge in [0.2, 0.25) is 0 Å². The van der Waals surface area contributed by atoms with E-state index in [9.17, 15) is 8.42 Å². The third-order valence-corrected chi connectivity index (χ3v) is 2.91. The second-order valence-corrected chi connectivity index (χ2v) is 5.20. The highest BCUT2D eigenvalue weighted by atomic mass is 32.2. The van der Waals surface area contributed by atoms with E-state index in [0.29, 0.717) is 0 Å². The zero-order chi connectivity index (χ0) is 7.71. The molecule has 0 bridgehead atoms. The van der Waals surface area contributed by atoms with E-state index >= 15 is 0 Å². The highest BCUT2D eigenvalue weighted by Gasteiger charge is 2.28. The first-order valence-corrected chi connectivity index (χ1v) is 4.02. The lowest BCUT2D eigenvalue weighted by molar-refractivity contribution is 0.376. The lowest BCUT2D eigenvalue weighted by Crippen LogP contribution is -2.28. The third kappa shape index (κ3) is 2.64. The summed E-state index contributed by atoms with van der Waals surface area (Å²) in [5.41, 5.74) is 0. The fourth-order valence-electron chi connectivity index (χ4n) is 0.250. The van der Waals surface area contributed by atoms with E-state index in [0.717, 1.165) is 0 Å². The van der Waals surface area contributed by atoms with Crippen LogP contribution in [0.1, 0.15) is 20.8 Å². The molecule has 0 aliphatic heterocycles. The Labute approximate surface area is 62.3 Å². The van der Waals surface area contributed by atoms with Crippen LogP contribution in [0.2, 0.25) is 0 Å². The van der Waals surface area contributed by atoms with E-state index in [1.807, 2.05) is 0 Å². The maximum atomic E-state index is 10.8. The lowest BCUT2D eigenvalue weighted by atomic mass is 10.3. The predicted octanol–water partition coefficient (Wildman–Crippen LogP) is 0.923. The molecule has 5 heteroatoms. The van der Waals surface area contributed by atoms with E-state index in [-0.39, 0.29) is 6.15 Å². The van der Waals surface area contributed by atoms with Gasteiger partial charge < -0.3 is 6.15 Å². The van der Waals surface area contributed by atoms with Gasteiger partial charge >= 0.3 is 0 Å². The molecule has 64 valence electrons. The molecule has 0 aliphatic carbocycles. The van der Waals surface area contributed by atoms with Gasteiger partial charge in [-0.2, -0.15) is 8.42 Å². The molecule has 0 aromatic rings. The molecule has 0 atom stereocenters. The number of rotatable bonds is 1. The quantitative estimate of drug-likeness (QED) is 0.592. The van der Waals surface area contributed by atoms with Crippen molar-refractivity contribution in [2.24, 2.45) is 0 Å². The zero-order valence-electron chi connectivity index (χ0n) is 6.84. The largest absolute Gasteiger partial charge is 0.344 e. The van der Waals surface area contributed by atoms with Gasteiger partial charge in [0.25, 0.3) is 10.1 Å². The van der Waals surface area contributed by atoms with E-state index in [1.165, 1.54) is 7.11 Å². The van der Waals surface area contributed by atoms with Gasteiger partial charge in [0.05, 0.1) is 11.9 Å². The van der Waals surface area contributed by atoms with Gasteiger partial charge in [-0.25, -0.2) is 0 Å². The van der Waals surface area contributed by atoms with Crippen molar-refractivity contribution < 1.29 is 12.6 Å². The van der Waals surface area contributed by atoms with Crippen LogP contribution in [0.4, 0.5) is 0 Å². The Morgan fingerprint density at radius 3 is 1.50 bits per heavy atom. The minimum absolute atomic E-state index is 0. The second-order valence-electron chi connectivity index (χ2n) is 2.73. The Kier molecular flexibility index (Phi) is 4.16. The van der Waals surface area contributed by atoms with Crippen LogP contribution < -0.4 is 6.15 Å². The summed E-state index contributed by atoms with van der Waals surface area (Å²) in [7, 11) is -2.17. The molecular weight excluding hydrogens is 154 g/mol. The van der Waals surface area contributed by atoms with Crippen LogP contribution in [0.5, 0.6) is 0 Å². The standard InChI is InChI=1S/C5H12O3S.H3N/c1-5(2,3)9(6,7)8-4;/h1-4H3;1H3. The zero-order valence-corrected chi connectivity index (χ0v) is 7.66. The minimum Gasteiger partial charge on any atom is -0.344 e.